The summed E-state index contributed by atoms with van der Waals surface area (Å²) in [5.74, 6) is -0.279. The first kappa shape index (κ1) is 13.5. The van der Waals surface area contributed by atoms with E-state index in [1.807, 2.05) is 0 Å². The number of rotatable bonds is 6. The van der Waals surface area contributed by atoms with E-state index in [1.54, 1.807) is 0 Å². The molecule has 0 fully saturated rings. The van der Waals surface area contributed by atoms with Crippen molar-refractivity contribution in [3.05, 3.63) is 26.9 Å². The van der Waals surface area contributed by atoms with E-state index in [1.165, 1.54) is 4.57 Å². The minimum atomic E-state index is -0.576. The second-order valence-corrected chi connectivity index (χ2v) is 3.83. The van der Waals surface area contributed by atoms with E-state index in [-0.39, 0.29) is 5.88 Å². The Balaban J connectivity index is 2.64. The molecule has 1 heterocycles. The highest BCUT2D eigenvalue weighted by molar-refractivity contribution is 5.05. The first-order valence-corrected chi connectivity index (χ1v) is 5.84. The van der Waals surface area contributed by atoms with E-state index in [2.05, 4.69) is 23.7 Å². The molecule has 1 rings (SSSR count). The standard InChI is InChI=1S/C11H19N3O3/c1-3-13(4-2)6-5-7-14-10(16)8-9(15)12-11(14)17/h8,16H,3-7H2,1-2H3,(H,12,15,17). The lowest BCUT2D eigenvalue weighted by molar-refractivity contribution is 0.287. The summed E-state index contributed by atoms with van der Waals surface area (Å²) in [6.07, 6.45) is 0.751. The summed E-state index contributed by atoms with van der Waals surface area (Å²) >= 11 is 0. The molecule has 0 atom stereocenters. The lowest BCUT2D eigenvalue weighted by atomic mass is 10.3. The summed E-state index contributed by atoms with van der Waals surface area (Å²) in [5.41, 5.74) is -1.14. The third kappa shape index (κ3) is 3.74. The minimum Gasteiger partial charge on any atom is -0.494 e. The van der Waals surface area contributed by atoms with Crippen molar-refractivity contribution in [2.75, 3.05) is 19.6 Å². The van der Waals surface area contributed by atoms with E-state index < -0.39 is 11.2 Å². The van der Waals surface area contributed by atoms with Gasteiger partial charge in [0.25, 0.3) is 5.56 Å². The third-order valence-electron chi connectivity index (χ3n) is 2.76. The van der Waals surface area contributed by atoms with Gasteiger partial charge in [0.1, 0.15) is 0 Å². The van der Waals surface area contributed by atoms with Gasteiger partial charge in [0.15, 0.2) is 0 Å². The number of aromatic amines is 1. The molecule has 0 aliphatic rings. The molecule has 1 aromatic rings. The molecule has 0 aliphatic heterocycles. The van der Waals surface area contributed by atoms with Crippen LogP contribution in [0.25, 0.3) is 0 Å². The van der Waals surface area contributed by atoms with Gasteiger partial charge < -0.3 is 10.0 Å². The Kier molecular flexibility index (Phi) is 4.96. The molecule has 96 valence electrons. The molecule has 6 heteroatoms. The molecule has 2 N–H and O–H groups in total. The Bertz CT molecular complexity index is 460. The number of hydrogen-bond donors (Lipinski definition) is 2. The molecule has 0 saturated carbocycles. The van der Waals surface area contributed by atoms with Crippen LogP contribution in [-0.2, 0) is 6.54 Å². The average Bonchev–Trinajstić information content (AvgIpc) is 2.27. The van der Waals surface area contributed by atoms with Crippen LogP contribution in [0, 0.1) is 0 Å². The molecule has 0 spiro atoms. The topological polar surface area (TPSA) is 78.3 Å². The van der Waals surface area contributed by atoms with Gasteiger partial charge in [0.05, 0.1) is 6.07 Å². The van der Waals surface area contributed by atoms with Crippen molar-refractivity contribution in [1.29, 1.82) is 0 Å². The van der Waals surface area contributed by atoms with Gasteiger partial charge in [-0.3, -0.25) is 14.3 Å². The first-order valence-electron chi connectivity index (χ1n) is 5.84. The summed E-state index contributed by atoms with van der Waals surface area (Å²) in [4.78, 5) is 26.7. The maximum absolute atomic E-state index is 11.4. The Morgan fingerprint density at radius 1 is 1.35 bits per heavy atom. The monoisotopic (exact) mass is 241 g/mol. The van der Waals surface area contributed by atoms with Gasteiger partial charge >= 0.3 is 5.69 Å². The Hall–Kier alpha value is -1.56. The Morgan fingerprint density at radius 3 is 2.53 bits per heavy atom. The number of nitrogens with zero attached hydrogens (tertiary/aromatic N) is 2. The fourth-order valence-corrected chi connectivity index (χ4v) is 1.72. The molecule has 17 heavy (non-hydrogen) atoms. The molecular formula is C11H19N3O3. The van der Waals surface area contributed by atoms with E-state index in [0.29, 0.717) is 6.54 Å². The maximum Gasteiger partial charge on any atom is 0.331 e. The zero-order chi connectivity index (χ0) is 12.8. The first-order chi connectivity index (χ1) is 8.08. The van der Waals surface area contributed by atoms with Gasteiger partial charge in [-0.1, -0.05) is 13.8 Å². The summed E-state index contributed by atoms with van der Waals surface area (Å²) in [7, 11) is 0. The normalized spacial score (nSPS) is 11.0. The van der Waals surface area contributed by atoms with Gasteiger partial charge in [-0.2, -0.15) is 0 Å². The van der Waals surface area contributed by atoms with Crippen LogP contribution in [0.2, 0.25) is 0 Å². The summed E-state index contributed by atoms with van der Waals surface area (Å²) in [5, 5.41) is 9.48. The molecule has 0 amide bonds. The highest BCUT2D eigenvalue weighted by atomic mass is 16.3. The number of aromatic hydroxyl groups is 1. The Morgan fingerprint density at radius 2 is 2.00 bits per heavy atom. The molecule has 0 saturated heterocycles. The van der Waals surface area contributed by atoms with Crippen LogP contribution in [0.1, 0.15) is 20.3 Å². The van der Waals surface area contributed by atoms with Crippen molar-refractivity contribution in [2.45, 2.75) is 26.8 Å². The number of H-pyrrole nitrogens is 1. The van der Waals surface area contributed by atoms with E-state index in [9.17, 15) is 14.7 Å². The third-order valence-corrected chi connectivity index (χ3v) is 2.76. The van der Waals surface area contributed by atoms with Crippen LogP contribution < -0.4 is 11.2 Å². The van der Waals surface area contributed by atoms with Crippen molar-refractivity contribution < 1.29 is 5.11 Å². The molecule has 0 bridgehead atoms. The molecule has 0 aliphatic carbocycles. The fraction of sp³-hybridized carbons (Fsp3) is 0.636. The van der Waals surface area contributed by atoms with Crippen molar-refractivity contribution in [3.8, 4) is 5.88 Å². The lowest BCUT2D eigenvalue weighted by Gasteiger charge is -2.18. The van der Waals surface area contributed by atoms with Crippen LogP contribution in [-0.4, -0.2) is 39.2 Å². The average molecular weight is 241 g/mol. The minimum absolute atomic E-state index is 0.279. The Labute approximate surface area is 99.5 Å². The molecule has 0 radical (unpaired) electrons. The van der Waals surface area contributed by atoms with Crippen LogP contribution >= 0.6 is 0 Å². The fourth-order valence-electron chi connectivity index (χ4n) is 1.72. The number of hydrogen-bond acceptors (Lipinski definition) is 4. The van der Waals surface area contributed by atoms with Crippen molar-refractivity contribution in [3.63, 3.8) is 0 Å². The molecule has 0 unspecified atom stereocenters. The van der Waals surface area contributed by atoms with E-state index >= 15 is 0 Å². The van der Waals surface area contributed by atoms with Crippen LogP contribution in [0.15, 0.2) is 15.7 Å². The van der Waals surface area contributed by atoms with Crippen molar-refractivity contribution in [2.24, 2.45) is 0 Å². The second kappa shape index (κ2) is 6.24. The van der Waals surface area contributed by atoms with Crippen LogP contribution in [0.3, 0.4) is 0 Å². The second-order valence-electron chi connectivity index (χ2n) is 3.83. The summed E-state index contributed by atoms with van der Waals surface area (Å²) in [6.45, 7) is 7.34. The maximum atomic E-state index is 11.4. The largest absolute Gasteiger partial charge is 0.494 e. The number of nitrogens with one attached hydrogen (secondary N) is 1. The molecular weight excluding hydrogens is 222 g/mol. The molecule has 0 aromatic carbocycles. The van der Waals surface area contributed by atoms with Gasteiger partial charge in [-0.25, -0.2) is 4.79 Å². The van der Waals surface area contributed by atoms with Crippen LogP contribution in [0.5, 0.6) is 5.88 Å². The van der Waals surface area contributed by atoms with E-state index in [0.717, 1.165) is 32.1 Å². The smallest absolute Gasteiger partial charge is 0.331 e. The highest BCUT2D eigenvalue weighted by Crippen LogP contribution is 2.02. The number of aromatic nitrogens is 2. The highest BCUT2D eigenvalue weighted by Gasteiger charge is 2.05. The summed E-state index contributed by atoms with van der Waals surface area (Å²) < 4.78 is 1.17. The van der Waals surface area contributed by atoms with Crippen molar-refractivity contribution >= 4 is 0 Å². The zero-order valence-electron chi connectivity index (χ0n) is 10.3. The lowest BCUT2D eigenvalue weighted by Crippen LogP contribution is -2.31. The summed E-state index contributed by atoms with van der Waals surface area (Å²) in [6, 6.07) is 1.01. The predicted octanol–water partition coefficient (Wildman–Crippen LogP) is -0.0259. The van der Waals surface area contributed by atoms with Gasteiger partial charge in [0.2, 0.25) is 5.88 Å². The van der Waals surface area contributed by atoms with Gasteiger partial charge in [-0.15, -0.1) is 0 Å². The van der Waals surface area contributed by atoms with E-state index in [4.69, 9.17) is 0 Å². The SMILES string of the molecule is CCN(CC)CCCn1c(O)cc(=O)[nH]c1=O. The van der Waals surface area contributed by atoms with Crippen LogP contribution in [0.4, 0.5) is 0 Å². The van der Waals surface area contributed by atoms with Gasteiger partial charge in [0, 0.05) is 6.54 Å². The predicted molar refractivity (Wildman–Crippen MR) is 65.4 cm³/mol. The molecule has 6 nitrogen and oxygen atoms in total. The zero-order valence-corrected chi connectivity index (χ0v) is 10.3. The van der Waals surface area contributed by atoms with Crippen molar-refractivity contribution in [1.82, 2.24) is 14.5 Å². The quantitative estimate of drug-likeness (QED) is 0.733. The molecule has 1 aromatic heterocycles. The van der Waals surface area contributed by atoms with Gasteiger partial charge in [-0.05, 0) is 26.1 Å².